The molecule has 3 aromatic carbocycles. The van der Waals surface area contributed by atoms with Crippen LogP contribution in [0.25, 0.3) is 0 Å². The number of benzene rings is 3. The summed E-state index contributed by atoms with van der Waals surface area (Å²) in [6, 6.07) is 25.8. The highest BCUT2D eigenvalue weighted by molar-refractivity contribution is 7.99. The molecule has 4 rings (SSSR count). The second-order valence-electron chi connectivity index (χ2n) is 10.2. The summed E-state index contributed by atoms with van der Waals surface area (Å²) >= 11 is 1.28. The third-order valence-electron chi connectivity index (χ3n) is 6.64. The molecule has 0 aliphatic carbocycles. The second-order valence-corrected chi connectivity index (χ2v) is 11.1. The van der Waals surface area contributed by atoms with Crippen LogP contribution in [-0.4, -0.2) is 39.5 Å². The molecule has 1 heterocycles. The Bertz CT molecular complexity index is 1440. The van der Waals surface area contributed by atoms with Crippen molar-refractivity contribution in [3.05, 3.63) is 113 Å². The highest BCUT2D eigenvalue weighted by atomic mass is 32.2. The SMILES string of the molecule is COc1ccc(NC(=O)C(c2ccc(C(C)C)cc2)N(Cc2ccccc2)C(=O)CSc2nc(C)cc(C)n2)cc1. The Morgan fingerprint density at radius 2 is 1.49 bits per heavy atom. The lowest BCUT2D eigenvalue weighted by molar-refractivity contribution is -0.137. The molecule has 1 unspecified atom stereocenters. The van der Waals surface area contributed by atoms with Gasteiger partial charge < -0.3 is 15.0 Å². The highest BCUT2D eigenvalue weighted by Gasteiger charge is 2.32. The first-order chi connectivity index (χ1) is 19.7. The van der Waals surface area contributed by atoms with Gasteiger partial charge >= 0.3 is 0 Å². The van der Waals surface area contributed by atoms with Crippen LogP contribution in [0.5, 0.6) is 5.75 Å². The van der Waals surface area contributed by atoms with Gasteiger partial charge in [0.05, 0.1) is 12.9 Å². The molecule has 1 atom stereocenters. The molecular formula is C33H36N4O3S. The standard InChI is InChI=1S/C33H36N4O3S/c1-22(2)26-11-13-27(14-12-26)31(32(39)36-28-15-17-29(40-5)18-16-28)37(20-25-9-7-6-8-10-25)30(38)21-41-33-34-23(3)19-24(4)35-33/h6-19,22,31H,20-21H2,1-5H3,(H,36,39). The molecule has 2 amide bonds. The minimum Gasteiger partial charge on any atom is -0.497 e. The Morgan fingerprint density at radius 3 is 2.07 bits per heavy atom. The van der Waals surface area contributed by atoms with Crippen molar-refractivity contribution in [1.29, 1.82) is 0 Å². The number of aryl methyl sites for hydroxylation is 2. The molecule has 212 valence electrons. The number of carbonyl (C=O) groups excluding carboxylic acids is 2. The molecular weight excluding hydrogens is 532 g/mol. The summed E-state index contributed by atoms with van der Waals surface area (Å²) in [5, 5.41) is 3.56. The summed E-state index contributed by atoms with van der Waals surface area (Å²) in [7, 11) is 1.60. The van der Waals surface area contributed by atoms with Crippen molar-refractivity contribution < 1.29 is 14.3 Å². The fraction of sp³-hybridized carbons (Fsp3) is 0.273. The summed E-state index contributed by atoms with van der Waals surface area (Å²) in [4.78, 5) is 38.6. The Labute approximate surface area is 246 Å². The molecule has 7 nitrogen and oxygen atoms in total. The zero-order valence-corrected chi connectivity index (χ0v) is 24.9. The smallest absolute Gasteiger partial charge is 0.251 e. The molecule has 0 bridgehead atoms. The molecule has 0 fully saturated rings. The fourth-order valence-corrected chi connectivity index (χ4v) is 5.33. The largest absolute Gasteiger partial charge is 0.497 e. The van der Waals surface area contributed by atoms with Crippen LogP contribution in [0.3, 0.4) is 0 Å². The fourth-order valence-electron chi connectivity index (χ4n) is 4.49. The summed E-state index contributed by atoms with van der Waals surface area (Å²) in [6.07, 6.45) is 0. The molecule has 8 heteroatoms. The van der Waals surface area contributed by atoms with Gasteiger partial charge in [-0.1, -0.05) is 80.2 Å². The second kappa shape index (κ2) is 13.9. The monoisotopic (exact) mass is 568 g/mol. The van der Waals surface area contributed by atoms with Crippen LogP contribution in [-0.2, 0) is 16.1 Å². The summed E-state index contributed by atoms with van der Waals surface area (Å²) in [6.45, 7) is 8.33. The number of anilines is 1. The Morgan fingerprint density at radius 1 is 0.878 bits per heavy atom. The van der Waals surface area contributed by atoms with E-state index in [0.717, 1.165) is 28.1 Å². The van der Waals surface area contributed by atoms with Crippen LogP contribution < -0.4 is 10.1 Å². The maximum atomic E-state index is 14.0. The number of ether oxygens (including phenoxy) is 1. The van der Waals surface area contributed by atoms with Crippen molar-refractivity contribution in [2.75, 3.05) is 18.2 Å². The molecule has 0 radical (unpaired) electrons. The minimum atomic E-state index is -0.869. The molecule has 1 aromatic heterocycles. The van der Waals surface area contributed by atoms with Gasteiger partial charge in [-0.3, -0.25) is 9.59 Å². The van der Waals surface area contributed by atoms with Crippen LogP contribution in [0.4, 0.5) is 5.69 Å². The number of rotatable bonds is 11. The first kappa shape index (κ1) is 29.8. The third-order valence-corrected chi connectivity index (χ3v) is 7.47. The van der Waals surface area contributed by atoms with Crippen molar-refractivity contribution in [3.63, 3.8) is 0 Å². The number of nitrogens with zero attached hydrogens (tertiary/aromatic N) is 3. The van der Waals surface area contributed by atoms with E-state index in [1.165, 1.54) is 11.8 Å². The molecule has 0 saturated carbocycles. The average molecular weight is 569 g/mol. The lowest BCUT2D eigenvalue weighted by atomic mass is 9.97. The number of hydrogen-bond donors (Lipinski definition) is 1. The Hall–Kier alpha value is -4.17. The zero-order valence-electron chi connectivity index (χ0n) is 24.1. The van der Waals surface area contributed by atoms with Gasteiger partial charge in [-0.15, -0.1) is 0 Å². The van der Waals surface area contributed by atoms with Crippen molar-refractivity contribution >= 4 is 29.3 Å². The maximum absolute atomic E-state index is 14.0. The zero-order chi connectivity index (χ0) is 29.4. The number of aromatic nitrogens is 2. The van der Waals surface area contributed by atoms with Gasteiger partial charge in [-0.2, -0.15) is 0 Å². The van der Waals surface area contributed by atoms with Crippen molar-refractivity contribution in [1.82, 2.24) is 14.9 Å². The molecule has 0 spiro atoms. The number of amides is 2. The third kappa shape index (κ3) is 8.17. The molecule has 0 aliphatic rings. The molecule has 4 aromatic rings. The van der Waals surface area contributed by atoms with E-state index in [9.17, 15) is 9.59 Å². The van der Waals surface area contributed by atoms with E-state index in [2.05, 4.69) is 29.1 Å². The maximum Gasteiger partial charge on any atom is 0.251 e. The number of nitrogens with one attached hydrogen (secondary N) is 1. The molecule has 1 N–H and O–H groups in total. The van der Waals surface area contributed by atoms with E-state index in [0.29, 0.717) is 22.5 Å². The average Bonchev–Trinajstić information content (AvgIpc) is 2.96. The normalized spacial score (nSPS) is 11.7. The topological polar surface area (TPSA) is 84.4 Å². The van der Waals surface area contributed by atoms with Gasteiger partial charge in [-0.05, 0) is 66.8 Å². The molecule has 41 heavy (non-hydrogen) atoms. The van der Waals surface area contributed by atoms with Crippen LogP contribution in [0, 0.1) is 13.8 Å². The lowest BCUT2D eigenvalue weighted by Gasteiger charge is -2.32. The summed E-state index contributed by atoms with van der Waals surface area (Å²) in [5.74, 6) is 0.627. The van der Waals surface area contributed by atoms with E-state index in [4.69, 9.17) is 4.74 Å². The van der Waals surface area contributed by atoms with Gasteiger partial charge in [0.2, 0.25) is 5.91 Å². The van der Waals surface area contributed by atoms with Crippen LogP contribution >= 0.6 is 11.8 Å². The van der Waals surface area contributed by atoms with E-state index >= 15 is 0 Å². The van der Waals surface area contributed by atoms with E-state index in [1.807, 2.05) is 74.5 Å². The summed E-state index contributed by atoms with van der Waals surface area (Å²) < 4.78 is 5.26. The van der Waals surface area contributed by atoms with E-state index < -0.39 is 6.04 Å². The van der Waals surface area contributed by atoms with Crippen molar-refractivity contribution in [3.8, 4) is 5.75 Å². The van der Waals surface area contributed by atoms with Crippen LogP contribution in [0.2, 0.25) is 0 Å². The first-order valence-corrected chi connectivity index (χ1v) is 14.6. The summed E-state index contributed by atoms with van der Waals surface area (Å²) in [5.41, 5.74) is 5.12. The minimum absolute atomic E-state index is 0.0894. The van der Waals surface area contributed by atoms with Crippen molar-refractivity contribution in [2.24, 2.45) is 0 Å². The lowest BCUT2D eigenvalue weighted by Crippen LogP contribution is -2.41. The predicted molar refractivity (Wildman–Crippen MR) is 164 cm³/mol. The van der Waals surface area contributed by atoms with Crippen LogP contribution in [0.1, 0.15) is 53.9 Å². The molecule has 0 saturated heterocycles. The number of methoxy groups -OCH3 is 1. The van der Waals surface area contributed by atoms with Crippen LogP contribution in [0.15, 0.2) is 90.1 Å². The molecule has 0 aliphatic heterocycles. The van der Waals surface area contributed by atoms with Gasteiger partial charge in [0, 0.05) is 23.6 Å². The number of carbonyl (C=O) groups is 2. The Balaban J connectivity index is 1.70. The number of hydrogen-bond acceptors (Lipinski definition) is 6. The highest BCUT2D eigenvalue weighted by Crippen LogP contribution is 2.29. The van der Waals surface area contributed by atoms with Gasteiger partial charge in [0.15, 0.2) is 5.16 Å². The van der Waals surface area contributed by atoms with Crippen molar-refractivity contribution in [2.45, 2.75) is 51.4 Å². The van der Waals surface area contributed by atoms with E-state index in [-0.39, 0.29) is 24.1 Å². The van der Waals surface area contributed by atoms with E-state index in [1.54, 1.807) is 36.3 Å². The quantitative estimate of drug-likeness (QED) is 0.160. The van der Waals surface area contributed by atoms with Gasteiger partial charge in [0.25, 0.3) is 5.91 Å². The first-order valence-electron chi connectivity index (χ1n) is 13.6. The van der Waals surface area contributed by atoms with Gasteiger partial charge in [0.1, 0.15) is 11.8 Å². The predicted octanol–water partition coefficient (Wildman–Crippen LogP) is 6.73. The van der Waals surface area contributed by atoms with Gasteiger partial charge in [-0.25, -0.2) is 9.97 Å². The number of thioether (sulfide) groups is 1. The Kier molecular flexibility index (Phi) is 10.1.